The molecular formula is C22H22N4O4. The molecule has 0 fully saturated rings. The molecule has 8 nitrogen and oxygen atoms in total. The molecule has 0 atom stereocenters. The molecule has 4 aromatic rings. The van der Waals surface area contributed by atoms with Gasteiger partial charge in [0.15, 0.2) is 11.5 Å². The zero-order valence-electron chi connectivity index (χ0n) is 16.8. The van der Waals surface area contributed by atoms with Crippen LogP contribution in [0.25, 0.3) is 21.9 Å². The number of carbonyl (C=O) groups is 1. The summed E-state index contributed by atoms with van der Waals surface area (Å²) in [5, 5.41) is 3.64. The second-order valence-corrected chi connectivity index (χ2v) is 6.92. The zero-order valence-corrected chi connectivity index (χ0v) is 16.8. The van der Waals surface area contributed by atoms with Crippen LogP contribution in [0.4, 0.5) is 0 Å². The van der Waals surface area contributed by atoms with Gasteiger partial charge in [-0.25, -0.2) is 4.98 Å². The van der Waals surface area contributed by atoms with E-state index in [2.05, 4.69) is 15.3 Å². The lowest BCUT2D eigenvalue weighted by Gasteiger charge is -2.11. The van der Waals surface area contributed by atoms with Gasteiger partial charge in [-0.1, -0.05) is 23.8 Å². The molecule has 4 rings (SSSR count). The topological polar surface area (TPSA) is 98.2 Å². The Morgan fingerprint density at radius 2 is 2.00 bits per heavy atom. The summed E-state index contributed by atoms with van der Waals surface area (Å²) in [6, 6.07) is 13.2. The molecule has 154 valence electrons. The number of fused-ring (bicyclic) bond motifs is 3. The normalized spacial score (nSPS) is 11.0. The van der Waals surface area contributed by atoms with Crippen LogP contribution in [0.15, 0.2) is 53.6 Å². The van der Waals surface area contributed by atoms with Crippen LogP contribution in [0.1, 0.15) is 5.56 Å². The van der Waals surface area contributed by atoms with Crippen molar-refractivity contribution in [1.82, 2.24) is 19.9 Å². The number of ether oxygens (including phenoxy) is 2. The molecule has 2 N–H and O–H groups in total. The van der Waals surface area contributed by atoms with E-state index in [-0.39, 0.29) is 24.6 Å². The van der Waals surface area contributed by atoms with Crippen LogP contribution in [-0.4, -0.2) is 40.7 Å². The Bertz CT molecular complexity index is 1280. The number of aromatic nitrogens is 3. The second kappa shape index (κ2) is 8.28. The van der Waals surface area contributed by atoms with Gasteiger partial charge in [0.1, 0.15) is 24.2 Å². The van der Waals surface area contributed by atoms with Crippen LogP contribution in [-0.2, 0) is 11.3 Å². The Morgan fingerprint density at radius 1 is 1.20 bits per heavy atom. The molecule has 0 aliphatic heterocycles. The molecule has 2 aromatic heterocycles. The van der Waals surface area contributed by atoms with Crippen molar-refractivity contribution in [2.45, 2.75) is 13.5 Å². The Balaban J connectivity index is 1.40. The molecule has 0 saturated carbocycles. The number of amides is 1. The number of rotatable bonds is 7. The summed E-state index contributed by atoms with van der Waals surface area (Å²) >= 11 is 0. The molecule has 0 radical (unpaired) electrons. The van der Waals surface area contributed by atoms with Crippen molar-refractivity contribution >= 4 is 27.8 Å². The average Bonchev–Trinajstić information content (AvgIpc) is 3.12. The third kappa shape index (κ3) is 3.84. The minimum Gasteiger partial charge on any atom is -0.493 e. The summed E-state index contributed by atoms with van der Waals surface area (Å²) in [6.07, 6.45) is 1.41. The molecule has 0 aliphatic carbocycles. The molecule has 0 aliphatic rings. The van der Waals surface area contributed by atoms with E-state index in [1.807, 2.05) is 37.3 Å². The van der Waals surface area contributed by atoms with E-state index in [1.165, 1.54) is 10.9 Å². The van der Waals surface area contributed by atoms with Crippen molar-refractivity contribution in [3.8, 4) is 11.5 Å². The van der Waals surface area contributed by atoms with Crippen LogP contribution in [0.5, 0.6) is 11.5 Å². The summed E-state index contributed by atoms with van der Waals surface area (Å²) in [5.41, 5.74) is 2.65. The lowest BCUT2D eigenvalue weighted by atomic mass is 10.2. The number of benzene rings is 2. The van der Waals surface area contributed by atoms with Gasteiger partial charge in [0.2, 0.25) is 5.91 Å². The maximum atomic E-state index is 12.8. The van der Waals surface area contributed by atoms with Gasteiger partial charge in [0.05, 0.1) is 20.0 Å². The van der Waals surface area contributed by atoms with Gasteiger partial charge in [-0.15, -0.1) is 0 Å². The van der Waals surface area contributed by atoms with Gasteiger partial charge < -0.3 is 19.8 Å². The standard InChI is InChI=1S/C22H22N4O4/c1-14-7-8-16-15(11-14)20-21(25-16)22(28)26(13-24-20)12-19(27)23-9-10-30-18-6-4-3-5-17(18)29-2/h3-8,11,13,25H,9-10,12H2,1-2H3,(H,23,27). The first-order valence-electron chi connectivity index (χ1n) is 9.57. The van der Waals surface area contributed by atoms with E-state index in [1.54, 1.807) is 19.2 Å². The number of aryl methyl sites for hydroxylation is 1. The molecule has 30 heavy (non-hydrogen) atoms. The molecule has 8 heteroatoms. The van der Waals surface area contributed by atoms with Crippen molar-refractivity contribution in [2.24, 2.45) is 0 Å². The Morgan fingerprint density at radius 3 is 2.80 bits per heavy atom. The molecule has 1 amide bonds. The fourth-order valence-corrected chi connectivity index (χ4v) is 3.32. The van der Waals surface area contributed by atoms with E-state index in [4.69, 9.17) is 9.47 Å². The van der Waals surface area contributed by atoms with Crippen molar-refractivity contribution < 1.29 is 14.3 Å². The van der Waals surface area contributed by atoms with E-state index in [0.717, 1.165) is 16.5 Å². The Labute approximate surface area is 172 Å². The van der Waals surface area contributed by atoms with E-state index in [0.29, 0.717) is 29.1 Å². The van der Waals surface area contributed by atoms with Crippen LogP contribution in [0.2, 0.25) is 0 Å². The van der Waals surface area contributed by atoms with Crippen LogP contribution in [0, 0.1) is 6.92 Å². The Kier molecular flexibility index (Phi) is 5.38. The van der Waals surface area contributed by atoms with Gasteiger partial charge in [-0.3, -0.25) is 14.2 Å². The first-order valence-corrected chi connectivity index (χ1v) is 9.57. The van der Waals surface area contributed by atoms with Gasteiger partial charge in [-0.05, 0) is 31.2 Å². The molecule has 0 saturated heterocycles. The van der Waals surface area contributed by atoms with Gasteiger partial charge in [0.25, 0.3) is 5.56 Å². The maximum absolute atomic E-state index is 12.8. The number of hydrogen-bond acceptors (Lipinski definition) is 5. The highest BCUT2D eigenvalue weighted by Gasteiger charge is 2.13. The molecule has 2 heterocycles. The Hall–Kier alpha value is -3.81. The van der Waals surface area contributed by atoms with Gasteiger partial charge in [-0.2, -0.15) is 0 Å². The van der Waals surface area contributed by atoms with Crippen molar-refractivity contribution in [2.75, 3.05) is 20.3 Å². The summed E-state index contributed by atoms with van der Waals surface area (Å²) in [5.74, 6) is 0.936. The number of aromatic amines is 1. The fraction of sp³-hybridized carbons (Fsp3) is 0.227. The first kappa shape index (κ1) is 19.5. The van der Waals surface area contributed by atoms with Gasteiger partial charge >= 0.3 is 0 Å². The number of nitrogens with zero attached hydrogens (tertiary/aromatic N) is 2. The quantitative estimate of drug-likeness (QED) is 0.459. The number of carbonyl (C=O) groups excluding carboxylic acids is 1. The average molecular weight is 406 g/mol. The number of nitrogens with one attached hydrogen (secondary N) is 2. The summed E-state index contributed by atoms with van der Waals surface area (Å²) < 4.78 is 12.1. The second-order valence-electron chi connectivity index (χ2n) is 6.92. The third-order valence-corrected chi connectivity index (χ3v) is 4.79. The SMILES string of the molecule is COc1ccccc1OCCNC(=O)Cn1cnc2c([nH]c3ccc(C)cc32)c1=O. The van der Waals surface area contributed by atoms with E-state index < -0.39 is 0 Å². The highest BCUT2D eigenvalue weighted by Crippen LogP contribution is 2.25. The minimum atomic E-state index is -0.297. The highest BCUT2D eigenvalue weighted by atomic mass is 16.5. The number of hydrogen-bond donors (Lipinski definition) is 2. The van der Waals surface area contributed by atoms with Crippen molar-refractivity contribution in [3.05, 3.63) is 64.7 Å². The van der Waals surface area contributed by atoms with Gasteiger partial charge in [0, 0.05) is 10.9 Å². The van der Waals surface area contributed by atoms with Crippen LogP contribution >= 0.6 is 0 Å². The third-order valence-electron chi connectivity index (χ3n) is 4.79. The monoisotopic (exact) mass is 406 g/mol. The lowest BCUT2D eigenvalue weighted by Crippen LogP contribution is -2.34. The van der Waals surface area contributed by atoms with Crippen molar-refractivity contribution in [1.29, 1.82) is 0 Å². The minimum absolute atomic E-state index is 0.120. The van der Waals surface area contributed by atoms with Crippen molar-refractivity contribution in [3.63, 3.8) is 0 Å². The lowest BCUT2D eigenvalue weighted by molar-refractivity contribution is -0.121. The van der Waals surface area contributed by atoms with E-state index in [9.17, 15) is 9.59 Å². The summed E-state index contributed by atoms with van der Waals surface area (Å²) in [7, 11) is 1.57. The number of para-hydroxylation sites is 2. The first-order chi connectivity index (χ1) is 14.6. The zero-order chi connectivity index (χ0) is 21.1. The summed E-state index contributed by atoms with van der Waals surface area (Å²) in [6.45, 7) is 2.44. The molecule has 0 spiro atoms. The molecule has 2 aromatic carbocycles. The van der Waals surface area contributed by atoms with Crippen LogP contribution < -0.4 is 20.3 Å². The smallest absolute Gasteiger partial charge is 0.278 e. The predicted octanol–water partition coefficient (Wildman–Crippen LogP) is 2.39. The fourth-order valence-electron chi connectivity index (χ4n) is 3.32. The predicted molar refractivity (Wildman–Crippen MR) is 114 cm³/mol. The number of H-pyrrole nitrogens is 1. The molecule has 0 unspecified atom stereocenters. The number of methoxy groups -OCH3 is 1. The largest absolute Gasteiger partial charge is 0.493 e. The maximum Gasteiger partial charge on any atom is 0.278 e. The molecular weight excluding hydrogens is 384 g/mol. The van der Waals surface area contributed by atoms with E-state index >= 15 is 0 Å². The highest BCUT2D eigenvalue weighted by molar-refractivity contribution is 6.04. The van der Waals surface area contributed by atoms with Crippen LogP contribution in [0.3, 0.4) is 0 Å². The molecule has 0 bridgehead atoms. The summed E-state index contributed by atoms with van der Waals surface area (Å²) in [4.78, 5) is 32.5.